The van der Waals surface area contributed by atoms with E-state index in [1.54, 1.807) is 11.8 Å². The second-order valence-electron chi connectivity index (χ2n) is 5.07. The fraction of sp³-hybridized carbons (Fsp3) is 0.533. The molecule has 1 aliphatic heterocycles. The summed E-state index contributed by atoms with van der Waals surface area (Å²) < 4.78 is 0. The van der Waals surface area contributed by atoms with E-state index in [4.69, 9.17) is 0 Å². The Balaban J connectivity index is 1.80. The van der Waals surface area contributed by atoms with Crippen molar-refractivity contribution in [3.05, 3.63) is 29.8 Å². The number of carbonyl (C=O) groups excluding carboxylic acids is 1. The molecule has 2 rings (SSSR count). The first-order valence-electron chi connectivity index (χ1n) is 6.78. The summed E-state index contributed by atoms with van der Waals surface area (Å²) in [6, 6.07) is 8.65. The van der Waals surface area contributed by atoms with Gasteiger partial charge in [-0.1, -0.05) is 12.1 Å². The summed E-state index contributed by atoms with van der Waals surface area (Å²) in [7, 11) is 2.12. The molecule has 19 heavy (non-hydrogen) atoms. The highest BCUT2D eigenvalue weighted by atomic mass is 32.2. The summed E-state index contributed by atoms with van der Waals surface area (Å²) in [6.45, 7) is 3.68. The average Bonchev–Trinajstić information content (AvgIpc) is 2.82. The number of hydrogen-bond donors (Lipinski definition) is 0. The molecule has 4 heteroatoms. The molecule has 0 unspecified atom stereocenters. The van der Waals surface area contributed by atoms with Gasteiger partial charge in [0, 0.05) is 37.5 Å². The van der Waals surface area contributed by atoms with E-state index < -0.39 is 0 Å². The Kier molecular flexibility index (Phi) is 5.28. The number of amides is 1. The first-order chi connectivity index (χ1) is 9.19. The Morgan fingerprint density at radius 2 is 2.26 bits per heavy atom. The number of carbonyl (C=O) groups is 1. The van der Waals surface area contributed by atoms with Crippen LogP contribution in [0, 0.1) is 0 Å². The molecule has 104 valence electrons. The van der Waals surface area contributed by atoms with Crippen LogP contribution in [0.2, 0.25) is 0 Å². The van der Waals surface area contributed by atoms with Gasteiger partial charge in [-0.05, 0) is 37.4 Å². The summed E-state index contributed by atoms with van der Waals surface area (Å²) in [6.07, 6.45) is 3.86. The van der Waals surface area contributed by atoms with Crippen LogP contribution >= 0.6 is 11.8 Å². The van der Waals surface area contributed by atoms with Gasteiger partial charge < -0.3 is 9.80 Å². The second-order valence-corrected chi connectivity index (χ2v) is 5.95. The van der Waals surface area contributed by atoms with Crippen molar-refractivity contribution >= 4 is 17.7 Å². The zero-order valence-corrected chi connectivity index (χ0v) is 12.6. The van der Waals surface area contributed by atoms with Crippen molar-refractivity contribution in [2.45, 2.75) is 24.3 Å². The normalized spacial score (nSPS) is 15.5. The van der Waals surface area contributed by atoms with Gasteiger partial charge >= 0.3 is 0 Å². The monoisotopic (exact) mass is 278 g/mol. The van der Waals surface area contributed by atoms with Crippen molar-refractivity contribution in [3.63, 3.8) is 0 Å². The lowest BCUT2D eigenvalue weighted by Gasteiger charge is -2.21. The van der Waals surface area contributed by atoms with E-state index in [-0.39, 0.29) is 0 Å². The smallest absolute Gasteiger partial charge is 0.222 e. The highest BCUT2D eigenvalue weighted by Gasteiger charge is 2.19. The predicted octanol–water partition coefficient (Wildman–Crippen LogP) is 2.46. The number of likely N-dealkylation sites (tertiary alicyclic amines) is 1. The maximum atomic E-state index is 11.5. The number of likely N-dealkylation sites (N-methyl/N-ethyl adjacent to an activating group) is 1. The molecule has 0 saturated carbocycles. The second kappa shape index (κ2) is 6.96. The highest BCUT2D eigenvalue weighted by molar-refractivity contribution is 7.98. The molecule has 0 spiro atoms. The molecule has 1 saturated heterocycles. The Bertz CT molecular complexity index is 436. The topological polar surface area (TPSA) is 23.6 Å². The molecule has 0 atom stereocenters. The molecule has 0 radical (unpaired) electrons. The largest absolute Gasteiger partial charge is 0.341 e. The minimum atomic E-state index is 0.317. The van der Waals surface area contributed by atoms with E-state index in [0.717, 1.165) is 39.0 Å². The maximum Gasteiger partial charge on any atom is 0.222 e. The molecule has 1 amide bonds. The van der Waals surface area contributed by atoms with Gasteiger partial charge in [0.05, 0.1) is 0 Å². The Morgan fingerprint density at radius 1 is 1.42 bits per heavy atom. The molecule has 1 aromatic carbocycles. The van der Waals surface area contributed by atoms with Gasteiger partial charge in [-0.15, -0.1) is 11.8 Å². The van der Waals surface area contributed by atoms with Crippen LogP contribution in [0.4, 0.5) is 0 Å². The van der Waals surface area contributed by atoms with E-state index in [1.165, 1.54) is 10.5 Å². The number of rotatable bonds is 6. The number of hydrogen-bond acceptors (Lipinski definition) is 3. The van der Waals surface area contributed by atoms with Gasteiger partial charge in [-0.3, -0.25) is 4.79 Å². The minimum Gasteiger partial charge on any atom is -0.341 e. The fourth-order valence-corrected chi connectivity index (χ4v) is 2.88. The van der Waals surface area contributed by atoms with Crippen LogP contribution in [-0.2, 0) is 11.3 Å². The molecule has 1 heterocycles. The van der Waals surface area contributed by atoms with Gasteiger partial charge in [0.2, 0.25) is 5.91 Å². The molecule has 0 aliphatic carbocycles. The average molecular weight is 278 g/mol. The van der Waals surface area contributed by atoms with Crippen LogP contribution in [0.15, 0.2) is 29.2 Å². The van der Waals surface area contributed by atoms with Crippen molar-refractivity contribution in [1.29, 1.82) is 0 Å². The lowest BCUT2D eigenvalue weighted by atomic mass is 10.2. The van der Waals surface area contributed by atoms with Gasteiger partial charge in [0.1, 0.15) is 0 Å². The van der Waals surface area contributed by atoms with Crippen LogP contribution in [0.1, 0.15) is 18.4 Å². The van der Waals surface area contributed by atoms with Gasteiger partial charge in [0.15, 0.2) is 0 Å². The van der Waals surface area contributed by atoms with Crippen LogP contribution in [0.3, 0.4) is 0 Å². The van der Waals surface area contributed by atoms with Crippen molar-refractivity contribution in [2.75, 3.05) is 32.9 Å². The van der Waals surface area contributed by atoms with Crippen molar-refractivity contribution in [3.8, 4) is 0 Å². The quantitative estimate of drug-likeness (QED) is 0.747. The van der Waals surface area contributed by atoms with Crippen LogP contribution in [0.25, 0.3) is 0 Å². The zero-order chi connectivity index (χ0) is 13.7. The van der Waals surface area contributed by atoms with E-state index in [1.807, 2.05) is 4.90 Å². The van der Waals surface area contributed by atoms with Gasteiger partial charge in [0.25, 0.3) is 0 Å². The predicted molar refractivity (Wildman–Crippen MR) is 80.4 cm³/mol. The van der Waals surface area contributed by atoms with Gasteiger partial charge in [-0.2, -0.15) is 0 Å². The van der Waals surface area contributed by atoms with Crippen molar-refractivity contribution in [1.82, 2.24) is 9.80 Å². The summed E-state index contributed by atoms with van der Waals surface area (Å²) in [5.41, 5.74) is 1.34. The molecule has 0 bridgehead atoms. The lowest BCUT2D eigenvalue weighted by Crippen LogP contribution is -2.33. The molecule has 0 aromatic heterocycles. The molecule has 0 N–H and O–H groups in total. The maximum absolute atomic E-state index is 11.5. The Morgan fingerprint density at radius 3 is 2.95 bits per heavy atom. The fourth-order valence-electron chi connectivity index (χ4n) is 2.39. The first-order valence-corrected chi connectivity index (χ1v) is 8.01. The lowest BCUT2D eigenvalue weighted by molar-refractivity contribution is -0.127. The molecule has 1 aromatic rings. The Labute approximate surface area is 120 Å². The van der Waals surface area contributed by atoms with Crippen molar-refractivity contribution < 1.29 is 4.79 Å². The summed E-state index contributed by atoms with van der Waals surface area (Å²) in [4.78, 5) is 17.1. The van der Waals surface area contributed by atoms with E-state index in [0.29, 0.717) is 5.91 Å². The van der Waals surface area contributed by atoms with Crippen LogP contribution in [0.5, 0.6) is 0 Å². The molecular weight excluding hydrogens is 256 g/mol. The molecular formula is C15H22N2OS. The number of thioether (sulfide) groups is 1. The Hall–Kier alpha value is -1.00. The zero-order valence-electron chi connectivity index (χ0n) is 11.8. The third-order valence-corrected chi connectivity index (χ3v) is 4.23. The number of nitrogens with zero attached hydrogens (tertiary/aromatic N) is 2. The van der Waals surface area contributed by atoms with Gasteiger partial charge in [-0.25, -0.2) is 0 Å². The summed E-state index contributed by atoms with van der Waals surface area (Å²) in [5.74, 6) is 0.317. The first kappa shape index (κ1) is 14.4. The standard InChI is InChI=1S/C15H22N2OS/c1-16(9-10-17-8-4-7-15(17)18)12-13-5-3-6-14(11-13)19-2/h3,5-6,11H,4,7-10,12H2,1-2H3. The third-order valence-electron chi connectivity index (χ3n) is 3.51. The highest BCUT2D eigenvalue weighted by Crippen LogP contribution is 2.16. The molecule has 3 nitrogen and oxygen atoms in total. The van der Waals surface area contributed by atoms with Crippen LogP contribution in [-0.4, -0.2) is 48.6 Å². The van der Waals surface area contributed by atoms with Crippen LogP contribution < -0.4 is 0 Å². The minimum absolute atomic E-state index is 0.317. The van der Waals surface area contributed by atoms with E-state index >= 15 is 0 Å². The SMILES string of the molecule is CSc1cccc(CN(C)CCN2CCCC2=O)c1. The molecule has 1 fully saturated rings. The summed E-state index contributed by atoms with van der Waals surface area (Å²) >= 11 is 1.77. The summed E-state index contributed by atoms with van der Waals surface area (Å²) in [5, 5.41) is 0. The molecule has 1 aliphatic rings. The number of benzene rings is 1. The third kappa shape index (κ3) is 4.25. The van der Waals surface area contributed by atoms with Crippen molar-refractivity contribution in [2.24, 2.45) is 0 Å². The van der Waals surface area contributed by atoms with E-state index in [9.17, 15) is 4.79 Å². The van der Waals surface area contributed by atoms with E-state index in [2.05, 4.69) is 42.5 Å².